The number of carboxylic acids is 1. The number of benzene rings is 1. The zero-order chi connectivity index (χ0) is 12.5. The second kappa shape index (κ2) is 7.85. The van der Waals surface area contributed by atoms with Gasteiger partial charge in [-0.3, -0.25) is 4.79 Å². The smallest absolute Gasteiger partial charge is 0.303 e. The molecule has 0 saturated heterocycles. The molecule has 0 aromatic heterocycles. The largest absolute Gasteiger partial charge is 0.481 e. The van der Waals surface area contributed by atoms with Gasteiger partial charge in [0.2, 0.25) is 0 Å². The minimum Gasteiger partial charge on any atom is -0.481 e. The molecule has 0 heterocycles. The number of ether oxygens (including phenoxy) is 1. The van der Waals surface area contributed by atoms with Gasteiger partial charge in [0.15, 0.2) is 0 Å². The van der Waals surface area contributed by atoms with Gasteiger partial charge in [0.05, 0.1) is 6.10 Å². The topological polar surface area (TPSA) is 46.5 Å². The maximum atomic E-state index is 10.6. The highest BCUT2D eigenvalue weighted by atomic mass is 16.5. The van der Waals surface area contributed by atoms with E-state index in [1.54, 1.807) is 0 Å². The summed E-state index contributed by atoms with van der Waals surface area (Å²) in [6.07, 6.45) is 2.67. The molecule has 0 radical (unpaired) electrons. The SMILES string of the molecule is CCCCOC(CCC(=O)O)c1ccccc1. The van der Waals surface area contributed by atoms with Crippen LogP contribution in [0.25, 0.3) is 0 Å². The summed E-state index contributed by atoms with van der Waals surface area (Å²) in [5, 5.41) is 8.73. The molecule has 1 N–H and O–H groups in total. The fourth-order valence-corrected chi connectivity index (χ4v) is 1.64. The highest BCUT2D eigenvalue weighted by Gasteiger charge is 2.13. The van der Waals surface area contributed by atoms with E-state index in [0.29, 0.717) is 13.0 Å². The van der Waals surface area contributed by atoms with Gasteiger partial charge in [-0.15, -0.1) is 0 Å². The Hall–Kier alpha value is -1.35. The average molecular weight is 236 g/mol. The van der Waals surface area contributed by atoms with Gasteiger partial charge in [-0.2, -0.15) is 0 Å². The van der Waals surface area contributed by atoms with Gasteiger partial charge < -0.3 is 9.84 Å². The summed E-state index contributed by atoms with van der Waals surface area (Å²) in [6, 6.07) is 9.82. The van der Waals surface area contributed by atoms with Crippen LogP contribution in [0.4, 0.5) is 0 Å². The summed E-state index contributed by atoms with van der Waals surface area (Å²) in [5.41, 5.74) is 1.06. The van der Waals surface area contributed by atoms with Gasteiger partial charge in [0.25, 0.3) is 0 Å². The fraction of sp³-hybridized carbons (Fsp3) is 0.500. The van der Waals surface area contributed by atoms with Crippen molar-refractivity contribution in [1.82, 2.24) is 0 Å². The van der Waals surface area contributed by atoms with E-state index in [1.165, 1.54) is 0 Å². The van der Waals surface area contributed by atoms with E-state index in [-0.39, 0.29) is 12.5 Å². The van der Waals surface area contributed by atoms with E-state index in [0.717, 1.165) is 18.4 Å². The van der Waals surface area contributed by atoms with Crippen LogP contribution in [0, 0.1) is 0 Å². The third-order valence-corrected chi connectivity index (χ3v) is 2.61. The van der Waals surface area contributed by atoms with Crippen molar-refractivity contribution in [3.63, 3.8) is 0 Å². The molecule has 3 heteroatoms. The summed E-state index contributed by atoms with van der Waals surface area (Å²) in [7, 11) is 0. The molecule has 3 nitrogen and oxygen atoms in total. The van der Waals surface area contributed by atoms with Crippen molar-refractivity contribution in [2.75, 3.05) is 6.61 Å². The second-order valence-electron chi connectivity index (χ2n) is 4.06. The molecule has 0 aliphatic heterocycles. The van der Waals surface area contributed by atoms with Crippen molar-refractivity contribution in [3.05, 3.63) is 35.9 Å². The molecule has 17 heavy (non-hydrogen) atoms. The van der Waals surface area contributed by atoms with E-state index >= 15 is 0 Å². The monoisotopic (exact) mass is 236 g/mol. The predicted octanol–water partition coefficient (Wildman–Crippen LogP) is 3.41. The molecule has 0 spiro atoms. The van der Waals surface area contributed by atoms with Crippen LogP contribution in [0.3, 0.4) is 0 Å². The van der Waals surface area contributed by atoms with Gasteiger partial charge in [-0.1, -0.05) is 43.7 Å². The van der Waals surface area contributed by atoms with Crippen LogP contribution in [-0.2, 0) is 9.53 Å². The molecule has 94 valence electrons. The maximum Gasteiger partial charge on any atom is 0.303 e. The molecule has 0 amide bonds. The van der Waals surface area contributed by atoms with Gasteiger partial charge >= 0.3 is 5.97 Å². The summed E-state index contributed by atoms with van der Waals surface area (Å²) >= 11 is 0. The zero-order valence-electron chi connectivity index (χ0n) is 10.3. The lowest BCUT2D eigenvalue weighted by molar-refractivity contribution is -0.137. The maximum absolute atomic E-state index is 10.6. The Balaban J connectivity index is 2.55. The van der Waals surface area contributed by atoms with Crippen LogP contribution in [0.5, 0.6) is 0 Å². The molecular formula is C14H20O3. The molecular weight excluding hydrogens is 216 g/mol. The van der Waals surface area contributed by atoms with Crippen molar-refractivity contribution < 1.29 is 14.6 Å². The number of rotatable bonds is 8. The molecule has 1 rings (SSSR count). The lowest BCUT2D eigenvalue weighted by atomic mass is 10.0. The fourth-order valence-electron chi connectivity index (χ4n) is 1.64. The summed E-state index contributed by atoms with van der Waals surface area (Å²) in [6.45, 7) is 2.80. The molecule has 0 aliphatic rings. The number of carboxylic acid groups (broad SMARTS) is 1. The van der Waals surface area contributed by atoms with Crippen molar-refractivity contribution in [2.24, 2.45) is 0 Å². The van der Waals surface area contributed by atoms with Crippen LogP contribution in [0.1, 0.15) is 44.3 Å². The Morgan fingerprint density at radius 2 is 2.06 bits per heavy atom. The van der Waals surface area contributed by atoms with Crippen molar-refractivity contribution >= 4 is 5.97 Å². The van der Waals surface area contributed by atoms with Gasteiger partial charge in [0, 0.05) is 13.0 Å². The van der Waals surface area contributed by atoms with E-state index in [2.05, 4.69) is 6.92 Å². The molecule has 1 aromatic rings. The van der Waals surface area contributed by atoms with Crippen LogP contribution in [0.2, 0.25) is 0 Å². The summed E-state index contributed by atoms with van der Waals surface area (Å²) < 4.78 is 5.76. The molecule has 0 aliphatic carbocycles. The van der Waals surface area contributed by atoms with Crippen LogP contribution in [0.15, 0.2) is 30.3 Å². The van der Waals surface area contributed by atoms with E-state index in [1.807, 2.05) is 30.3 Å². The van der Waals surface area contributed by atoms with Gasteiger partial charge in [0.1, 0.15) is 0 Å². The van der Waals surface area contributed by atoms with Gasteiger partial charge in [-0.05, 0) is 18.4 Å². The highest BCUT2D eigenvalue weighted by molar-refractivity contribution is 5.66. The second-order valence-corrected chi connectivity index (χ2v) is 4.06. The van der Waals surface area contributed by atoms with Crippen molar-refractivity contribution in [3.8, 4) is 0 Å². The summed E-state index contributed by atoms with van der Waals surface area (Å²) in [5.74, 6) is -0.773. The van der Waals surface area contributed by atoms with Crippen LogP contribution < -0.4 is 0 Å². The number of aliphatic carboxylic acids is 1. The molecule has 1 atom stereocenters. The Morgan fingerprint density at radius 3 is 2.65 bits per heavy atom. The van der Waals surface area contributed by atoms with E-state index < -0.39 is 5.97 Å². The first-order chi connectivity index (χ1) is 8.24. The highest BCUT2D eigenvalue weighted by Crippen LogP contribution is 2.22. The van der Waals surface area contributed by atoms with E-state index in [4.69, 9.17) is 9.84 Å². The Morgan fingerprint density at radius 1 is 1.35 bits per heavy atom. The van der Waals surface area contributed by atoms with Crippen molar-refractivity contribution in [2.45, 2.75) is 38.7 Å². The number of hydrogen-bond donors (Lipinski definition) is 1. The predicted molar refractivity (Wildman–Crippen MR) is 66.9 cm³/mol. The normalized spacial score (nSPS) is 12.3. The van der Waals surface area contributed by atoms with Crippen molar-refractivity contribution in [1.29, 1.82) is 0 Å². The van der Waals surface area contributed by atoms with Crippen LogP contribution in [-0.4, -0.2) is 17.7 Å². The number of unbranched alkanes of at least 4 members (excludes halogenated alkanes) is 1. The third-order valence-electron chi connectivity index (χ3n) is 2.61. The first-order valence-electron chi connectivity index (χ1n) is 6.12. The number of hydrogen-bond acceptors (Lipinski definition) is 2. The summed E-state index contributed by atoms with van der Waals surface area (Å²) in [4.78, 5) is 10.6. The lowest BCUT2D eigenvalue weighted by Gasteiger charge is -2.17. The minimum absolute atomic E-state index is 0.0983. The Labute approximate surface area is 102 Å². The quantitative estimate of drug-likeness (QED) is 0.703. The first kappa shape index (κ1) is 13.7. The Bertz CT molecular complexity index is 321. The molecule has 0 bridgehead atoms. The zero-order valence-corrected chi connectivity index (χ0v) is 10.3. The Kier molecular flexibility index (Phi) is 6.33. The van der Waals surface area contributed by atoms with Gasteiger partial charge in [-0.25, -0.2) is 0 Å². The first-order valence-corrected chi connectivity index (χ1v) is 6.12. The minimum atomic E-state index is -0.773. The third kappa shape index (κ3) is 5.50. The van der Waals surface area contributed by atoms with Crippen LogP contribution >= 0.6 is 0 Å². The lowest BCUT2D eigenvalue weighted by Crippen LogP contribution is -2.08. The van der Waals surface area contributed by atoms with E-state index in [9.17, 15) is 4.79 Å². The average Bonchev–Trinajstić information content (AvgIpc) is 2.34. The molecule has 1 unspecified atom stereocenters. The standard InChI is InChI=1S/C14H20O3/c1-2-3-11-17-13(9-10-14(15)16)12-7-5-4-6-8-12/h4-8,13H,2-3,9-11H2,1H3,(H,15,16). The molecule has 1 aromatic carbocycles. The number of carbonyl (C=O) groups is 1. The molecule has 0 saturated carbocycles. The molecule has 0 fully saturated rings.